The standard InChI is InChI=1S/C15H24N2O/c1-3-5-11-16-15(18)12-17-14-9-7-13(6-4-2)8-10-14/h7-10,17H,3-6,11-12H2,1-2H3,(H,16,18). The molecule has 1 aromatic rings. The second kappa shape index (κ2) is 8.56. The maximum absolute atomic E-state index is 11.5. The highest BCUT2D eigenvalue weighted by atomic mass is 16.1. The Hall–Kier alpha value is -1.51. The van der Waals surface area contributed by atoms with E-state index in [1.165, 1.54) is 5.56 Å². The van der Waals surface area contributed by atoms with Crippen LogP contribution in [-0.2, 0) is 11.2 Å². The summed E-state index contributed by atoms with van der Waals surface area (Å²) in [6.45, 7) is 5.40. The lowest BCUT2D eigenvalue weighted by Crippen LogP contribution is -2.30. The first-order valence-corrected chi connectivity index (χ1v) is 6.85. The maximum atomic E-state index is 11.5. The van der Waals surface area contributed by atoms with Gasteiger partial charge in [-0.15, -0.1) is 0 Å². The molecule has 0 radical (unpaired) electrons. The summed E-state index contributed by atoms with van der Waals surface area (Å²) in [7, 11) is 0. The van der Waals surface area contributed by atoms with Crippen LogP contribution in [0.2, 0.25) is 0 Å². The number of anilines is 1. The van der Waals surface area contributed by atoms with Gasteiger partial charge in [-0.2, -0.15) is 0 Å². The Labute approximate surface area is 110 Å². The van der Waals surface area contributed by atoms with E-state index in [0.717, 1.165) is 37.9 Å². The summed E-state index contributed by atoms with van der Waals surface area (Å²) >= 11 is 0. The van der Waals surface area contributed by atoms with Gasteiger partial charge in [0.1, 0.15) is 0 Å². The molecule has 0 fully saturated rings. The van der Waals surface area contributed by atoms with E-state index < -0.39 is 0 Å². The highest BCUT2D eigenvalue weighted by Gasteiger charge is 2.00. The van der Waals surface area contributed by atoms with Crippen LogP contribution in [-0.4, -0.2) is 19.0 Å². The van der Waals surface area contributed by atoms with Gasteiger partial charge < -0.3 is 10.6 Å². The minimum absolute atomic E-state index is 0.0566. The quantitative estimate of drug-likeness (QED) is 0.694. The zero-order chi connectivity index (χ0) is 13.2. The number of carbonyl (C=O) groups excluding carboxylic acids is 1. The van der Waals surface area contributed by atoms with Gasteiger partial charge in [-0.3, -0.25) is 4.79 Å². The zero-order valence-electron chi connectivity index (χ0n) is 11.5. The van der Waals surface area contributed by atoms with Crippen molar-refractivity contribution in [2.24, 2.45) is 0 Å². The molecule has 18 heavy (non-hydrogen) atoms. The zero-order valence-corrected chi connectivity index (χ0v) is 11.5. The largest absolute Gasteiger partial charge is 0.376 e. The molecule has 0 heterocycles. The van der Waals surface area contributed by atoms with Crippen molar-refractivity contribution < 1.29 is 4.79 Å². The molecule has 2 N–H and O–H groups in total. The van der Waals surface area contributed by atoms with E-state index in [1.54, 1.807) is 0 Å². The van der Waals surface area contributed by atoms with Crippen molar-refractivity contribution in [3.8, 4) is 0 Å². The van der Waals surface area contributed by atoms with Crippen molar-refractivity contribution in [2.45, 2.75) is 39.5 Å². The average molecular weight is 248 g/mol. The van der Waals surface area contributed by atoms with Crippen LogP contribution in [0.4, 0.5) is 5.69 Å². The number of aryl methyl sites for hydroxylation is 1. The molecule has 0 saturated carbocycles. The van der Waals surface area contributed by atoms with E-state index in [0.29, 0.717) is 6.54 Å². The molecule has 0 aliphatic rings. The van der Waals surface area contributed by atoms with Gasteiger partial charge in [0, 0.05) is 12.2 Å². The van der Waals surface area contributed by atoms with Crippen LogP contribution < -0.4 is 10.6 Å². The number of amides is 1. The molecule has 100 valence electrons. The molecule has 3 nitrogen and oxygen atoms in total. The van der Waals surface area contributed by atoms with Crippen LogP contribution in [0.15, 0.2) is 24.3 Å². The van der Waals surface area contributed by atoms with E-state index in [1.807, 2.05) is 12.1 Å². The summed E-state index contributed by atoms with van der Waals surface area (Å²) in [4.78, 5) is 11.5. The molecule has 0 atom stereocenters. The first-order chi connectivity index (χ1) is 8.76. The van der Waals surface area contributed by atoms with E-state index in [9.17, 15) is 4.79 Å². The Morgan fingerprint density at radius 2 is 1.83 bits per heavy atom. The third kappa shape index (κ3) is 5.71. The first-order valence-electron chi connectivity index (χ1n) is 6.85. The summed E-state index contributed by atoms with van der Waals surface area (Å²) < 4.78 is 0. The van der Waals surface area contributed by atoms with Gasteiger partial charge in [-0.25, -0.2) is 0 Å². The van der Waals surface area contributed by atoms with E-state index in [2.05, 4.69) is 36.6 Å². The van der Waals surface area contributed by atoms with Crippen molar-refractivity contribution in [1.29, 1.82) is 0 Å². The monoisotopic (exact) mass is 248 g/mol. The SMILES string of the molecule is CCCCNC(=O)CNc1ccc(CCC)cc1. The molecule has 0 spiro atoms. The van der Waals surface area contributed by atoms with Gasteiger partial charge in [0.2, 0.25) is 5.91 Å². The smallest absolute Gasteiger partial charge is 0.239 e. The van der Waals surface area contributed by atoms with Gasteiger partial charge in [-0.05, 0) is 30.5 Å². The summed E-state index contributed by atoms with van der Waals surface area (Å²) in [5.74, 6) is 0.0566. The molecule has 0 aliphatic heterocycles. The topological polar surface area (TPSA) is 41.1 Å². The fourth-order valence-corrected chi connectivity index (χ4v) is 1.73. The minimum atomic E-state index is 0.0566. The molecule has 1 rings (SSSR count). The van der Waals surface area contributed by atoms with Crippen molar-refractivity contribution in [3.63, 3.8) is 0 Å². The van der Waals surface area contributed by atoms with E-state index >= 15 is 0 Å². The summed E-state index contributed by atoms with van der Waals surface area (Å²) in [5.41, 5.74) is 2.34. The van der Waals surface area contributed by atoms with Crippen molar-refractivity contribution in [2.75, 3.05) is 18.4 Å². The van der Waals surface area contributed by atoms with Crippen LogP contribution in [0.3, 0.4) is 0 Å². The Morgan fingerprint density at radius 1 is 1.11 bits per heavy atom. The Kier molecular flexibility index (Phi) is 6.92. The second-order valence-corrected chi connectivity index (χ2v) is 4.50. The van der Waals surface area contributed by atoms with Crippen LogP contribution in [0, 0.1) is 0 Å². The van der Waals surface area contributed by atoms with Crippen molar-refractivity contribution in [3.05, 3.63) is 29.8 Å². The molecule has 0 aliphatic carbocycles. The highest BCUT2D eigenvalue weighted by Crippen LogP contribution is 2.10. The average Bonchev–Trinajstić information content (AvgIpc) is 2.39. The number of nitrogens with one attached hydrogen (secondary N) is 2. The molecule has 1 aromatic carbocycles. The number of hydrogen-bond acceptors (Lipinski definition) is 2. The number of benzene rings is 1. The normalized spacial score (nSPS) is 10.1. The molecule has 3 heteroatoms. The van der Waals surface area contributed by atoms with Crippen LogP contribution in [0.5, 0.6) is 0 Å². The number of hydrogen-bond donors (Lipinski definition) is 2. The summed E-state index contributed by atoms with van der Waals surface area (Å²) in [5, 5.41) is 6.01. The van der Waals surface area contributed by atoms with Crippen molar-refractivity contribution in [1.82, 2.24) is 5.32 Å². The van der Waals surface area contributed by atoms with Crippen LogP contribution in [0.1, 0.15) is 38.7 Å². The molecular formula is C15H24N2O. The minimum Gasteiger partial charge on any atom is -0.376 e. The molecule has 0 bridgehead atoms. The molecular weight excluding hydrogens is 224 g/mol. The third-order valence-corrected chi connectivity index (χ3v) is 2.80. The van der Waals surface area contributed by atoms with Gasteiger partial charge in [-0.1, -0.05) is 38.8 Å². The third-order valence-electron chi connectivity index (χ3n) is 2.80. The maximum Gasteiger partial charge on any atom is 0.239 e. The van der Waals surface area contributed by atoms with Crippen LogP contribution in [0.25, 0.3) is 0 Å². The van der Waals surface area contributed by atoms with Gasteiger partial charge in [0.25, 0.3) is 0 Å². The van der Waals surface area contributed by atoms with Gasteiger partial charge in [0.15, 0.2) is 0 Å². The van der Waals surface area contributed by atoms with Crippen LogP contribution >= 0.6 is 0 Å². The van der Waals surface area contributed by atoms with E-state index in [4.69, 9.17) is 0 Å². The fraction of sp³-hybridized carbons (Fsp3) is 0.533. The van der Waals surface area contributed by atoms with Crippen molar-refractivity contribution >= 4 is 11.6 Å². The fourth-order valence-electron chi connectivity index (χ4n) is 1.73. The first kappa shape index (κ1) is 14.6. The molecule has 0 saturated heterocycles. The lowest BCUT2D eigenvalue weighted by atomic mass is 10.1. The lowest BCUT2D eigenvalue weighted by Gasteiger charge is -2.08. The summed E-state index contributed by atoms with van der Waals surface area (Å²) in [6, 6.07) is 8.29. The number of rotatable bonds is 8. The number of unbranched alkanes of at least 4 members (excludes halogenated alkanes) is 1. The molecule has 1 amide bonds. The Morgan fingerprint density at radius 3 is 2.44 bits per heavy atom. The van der Waals surface area contributed by atoms with Gasteiger partial charge >= 0.3 is 0 Å². The predicted octanol–water partition coefficient (Wildman–Crippen LogP) is 2.97. The molecule has 0 aromatic heterocycles. The predicted molar refractivity (Wildman–Crippen MR) is 76.8 cm³/mol. The Bertz CT molecular complexity index is 346. The lowest BCUT2D eigenvalue weighted by molar-refractivity contribution is -0.119. The summed E-state index contributed by atoms with van der Waals surface area (Å²) in [6.07, 6.45) is 4.41. The number of carbonyl (C=O) groups is 1. The molecule has 0 unspecified atom stereocenters. The Balaban J connectivity index is 2.27. The highest BCUT2D eigenvalue weighted by molar-refractivity contribution is 5.80. The van der Waals surface area contributed by atoms with E-state index in [-0.39, 0.29) is 5.91 Å². The second-order valence-electron chi connectivity index (χ2n) is 4.50. The van der Waals surface area contributed by atoms with Gasteiger partial charge in [0.05, 0.1) is 6.54 Å².